The van der Waals surface area contributed by atoms with Gasteiger partial charge < -0.3 is 14.1 Å². The first-order chi connectivity index (χ1) is 16.7. The molecular formula is C25H23N7O2. The van der Waals surface area contributed by atoms with Crippen molar-refractivity contribution in [3.63, 3.8) is 0 Å². The third-order valence-electron chi connectivity index (χ3n) is 5.84. The Bertz CT molecular complexity index is 1480. The number of benzene rings is 1. The second-order valence-corrected chi connectivity index (χ2v) is 8.14. The molecule has 0 unspecified atom stereocenters. The number of pyridine rings is 1. The minimum absolute atomic E-state index is 0.631. The molecule has 1 aliphatic rings. The highest BCUT2D eigenvalue weighted by Crippen LogP contribution is 2.26. The number of anilines is 2. The smallest absolute Gasteiger partial charge is 0.160 e. The summed E-state index contributed by atoms with van der Waals surface area (Å²) < 4.78 is 13.0. The zero-order valence-corrected chi connectivity index (χ0v) is 18.7. The van der Waals surface area contributed by atoms with E-state index in [1.54, 1.807) is 12.5 Å². The lowest BCUT2D eigenvalue weighted by molar-refractivity contribution is 0.122. The van der Waals surface area contributed by atoms with Crippen LogP contribution in [0.4, 0.5) is 11.6 Å². The summed E-state index contributed by atoms with van der Waals surface area (Å²) in [5.41, 5.74) is 8.27. The van der Waals surface area contributed by atoms with Crippen molar-refractivity contribution in [1.82, 2.24) is 19.6 Å². The van der Waals surface area contributed by atoms with Crippen LogP contribution in [0.2, 0.25) is 0 Å². The maximum absolute atomic E-state index is 5.59. The van der Waals surface area contributed by atoms with Crippen molar-refractivity contribution >= 4 is 34.5 Å². The quantitative estimate of drug-likeness (QED) is 0.316. The van der Waals surface area contributed by atoms with Gasteiger partial charge in [0.2, 0.25) is 0 Å². The molecule has 0 spiro atoms. The highest BCUT2D eigenvalue weighted by atomic mass is 16.5. The Morgan fingerprint density at radius 1 is 1.09 bits per heavy atom. The third-order valence-corrected chi connectivity index (χ3v) is 5.84. The Hall–Kier alpha value is -4.24. The topological polar surface area (TPSA) is 93.1 Å². The van der Waals surface area contributed by atoms with Gasteiger partial charge >= 0.3 is 0 Å². The molecule has 0 saturated carbocycles. The molecule has 34 heavy (non-hydrogen) atoms. The fourth-order valence-electron chi connectivity index (χ4n) is 4.06. The molecule has 1 fully saturated rings. The van der Waals surface area contributed by atoms with E-state index in [1.165, 1.54) is 0 Å². The number of hydrogen-bond donors (Lipinski definition) is 1. The molecular weight excluding hydrogens is 430 g/mol. The monoisotopic (exact) mass is 453 g/mol. The minimum Gasteiger partial charge on any atom is -0.464 e. The summed E-state index contributed by atoms with van der Waals surface area (Å²) in [6, 6.07) is 15.8. The number of nitrogens with zero attached hydrogens (tertiary/aromatic N) is 6. The predicted octanol–water partition coefficient (Wildman–Crippen LogP) is 4.13. The number of rotatable bonds is 5. The summed E-state index contributed by atoms with van der Waals surface area (Å²) in [5, 5.41) is 10.3. The fraction of sp³-hybridized carbons (Fsp3) is 0.200. The van der Waals surface area contributed by atoms with Crippen molar-refractivity contribution in [1.29, 1.82) is 0 Å². The number of fused-ring (bicyclic) bond motifs is 2. The van der Waals surface area contributed by atoms with Crippen LogP contribution in [0.15, 0.2) is 70.5 Å². The van der Waals surface area contributed by atoms with Crippen LogP contribution in [-0.4, -0.2) is 52.1 Å². The molecule has 6 rings (SSSR count). The van der Waals surface area contributed by atoms with Crippen molar-refractivity contribution in [3.05, 3.63) is 72.2 Å². The summed E-state index contributed by atoms with van der Waals surface area (Å²) in [5.74, 6) is 1.57. The molecule has 0 radical (unpaired) electrons. The molecule has 170 valence electrons. The van der Waals surface area contributed by atoms with Gasteiger partial charge in [-0.3, -0.25) is 10.4 Å². The standard InChI is InChI=1S/C25H23N7O2/c1-17-6-7-18(14-26-17)21-12-24-28-23(13-25(32(24)30-21)31-8-10-33-11-9-31)29-27-15-19-16-34-22-5-3-2-4-20(19)22/h2-7,12-16H,8-11H2,1H3,(H,28,29)/b27-15+. The lowest BCUT2D eigenvalue weighted by atomic mass is 10.2. The Morgan fingerprint density at radius 3 is 2.82 bits per heavy atom. The van der Waals surface area contributed by atoms with Crippen LogP contribution in [0, 0.1) is 6.92 Å². The highest BCUT2D eigenvalue weighted by Gasteiger charge is 2.18. The average Bonchev–Trinajstić information content (AvgIpc) is 3.49. The maximum Gasteiger partial charge on any atom is 0.160 e. The van der Waals surface area contributed by atoms with Crippen LogP contribution in [0.3, 0.4) is 0 Å². The summed E-state index contributed by atoms with van der Waals surface area (Å²) in [4.78, 5) is 11.4. The number of para-hydroxylation sites is 1. The second kappa shape index (κ2) is 8.60. The first-order valence-corrected chi connectivity index (χ1v) is 11.2. The van der Waals surface area contributed by atoms with E-state index in [0.29, 0.717) is 19.0 Å². The van der Waals surface area contributed by atoms with E-state index in [2.05, 4.69) is 20.4 Å². The number of furan rings is 1. The fourth-order valence-corrected chi connectivity index (χ4v) is 4.06. The third kappa shape index (κ3) is 3.86. The van der Waals surface area contributed by atoms with E-state index in [1.807, 2.05) is 66.2 Å². The summed E-state index contributed by atoms with van der Waals surface area (Å²) in [7, 11) is 0. The number of hydrazone groups is 1. The zero-order chi connectivity index (χ0) is 22.9. The van der Waals surface area contributed by atoms with Crippen LogP contribution in [-0.2, 0) is 4.74 Å². The number of morpholine rings is 1. The van der Waals surface area contributed by atoms with E-state index in [4.69, 9.17) is 19.2 Å². The van der Waals surface area contributed by atoms with Crippen molar-refractivity contribution in [2.24, 2.45) is 5.10 Å². The molecule has 5 heterocycles. The molecule has 1 aliphatic heterocycles. The van der Waals surface area contributed by atoms with Crippen molar-refractivity contribution < 1.29 is 9.15 Å². The van der Waals surface area contributed by atoms with E-state index < -0.39 is 0 Å². The molecule has 0 aliphatic carbocycles. The Labute approximate surface area is 195 Å². The van der Waals surface area contributed by atoms with Gasteiger partial charge in [0, 0.05) is 53.6 Å². The lowest BCUT2D eigenvalue weighted by Crippen LogP contribution is -2.37. The van der Waals surface area contributed by atoms with E-state index in [-0.39, 0.29) is 0 Å². The van der Waals surface area contributed by atoms with Gasteiger partial charge in [0.25, 0.3) is 0 Å². The normalized spacial score (nSPS) is 14.4. The summed E-state index contributed by atoms with van der Waals surface area (Å²) in [6.07, 6.45) is 5.28. The molecule has 1 aromatic carbocycles. The molecule has 9 nitrogen and oxygen atoms in total. The van der Waals surface area contributed by atoms with Crippen LogP contribution in [0.1, 0.15) is 11.3 Å². The highest BCUT2D eigenvalue weighted by molar-refractivity contribution is 5.97. The second-order valence-electron chi connectivity index (χ2n) is 8.14. The lowest BCUT2D eigenvalue weighted by Gasteiger charge is -2.29. The summed E-state index contributed by atoms with van der Waals surface area (Å²) in [6.45, 7) is 4.88. The maximum atomic E-state index is 5.59. The van der Waals surface area contributed by atoms with Gasteiger partial charge in [-0.05, 0) is 25.1 Å². The van der Waals surface area contributed by atoms with Gasteiger partial charge in [-0.1, -0.05) is 18.2 Å². The van der Waals surface area contributed by atoms with Gasteiger partial charge in [0.1, 0.15) is 17.7 Å². The predicted molar refractivity (Wildman–Crippen MR) is 131 cm³/mol. The largest absolute Gasteiger partial charge is 0.464 e. The van der Waals surface area contributed by atoms with E-state index in [9.17, 15) is 0 Å². The van der Waals surface area contributed by atoms with Crippen molar-refractivity contribution in [3.8, 4) is 11.3 Å². The molecule has 0 bridgehead atoms. The van der Waals surface area contributed by atoms with Gasteiger partial charge in [0.15, 0.2) is 11.5 Å². The molecule has 1 N–H and O–H groups in total. The van der Waals surface area contributed by atoms with Gasteiger partial charge in [-0.25, -0.2) is 4.98 Å². The molecule has 0 atom stereocenters. The Morgan fingerprint density at radius 2 is 1.97 bits per heavy atom. The SMILES string of the molecule is Cc1ccc(-c2cc3nc(N/N=C/c4coc5ccccc45)cc(N4CCOCC4)n3n2)cn1. The molecule has 1 saturated heterocycles. The Balaban J connectivity index is 1.36. The first-order valence-electron chi connectivity index (χ1n) is 11.2. The van der Waals surface area contributed by atoms with Crippen LogP contribution >= 0.6 is 0 Å². The number of aryl methyl sites for hydroxylation is 1. The Kier molecular flexibility index (Phi) is 5.15. The zero-order valence-electron chi connectivity index (χ0n) is 18.7. The van der Waals surface area contributed by atoms with Gasteiger partial charge in [-0.15, -0.1) is 0 Å². The molecule has 0 amide bonds. The van der Waals surface area contributed by atoms with E-state index >= 15 is 0 Å². The average molecular weight is 454 g/mol. The minimum atomic E-state index is 0.631. The molecule has 9 heteroatoms. The van der Waals surface area contributed by atoms with Crippen LogP contribution < -0.4 is 10.3 Å². The summed E-state index contributed by atoms with van der Waals surface area (Å²) >= 11 is 0. The molecule has 5 aromatic rings. The van der Waals surface area contributed by atoms with Crippen LogP contribution in [0.5, 0.6) is 0 Å². The number of ether oxygens (including phenoxy) is 1. The number of aromatic nitrogens is 4. The van der Waals surface area contributed by atoms with Crippen molar-refractivity contribution in [2.45, 2.75) is 6.92 Å². The number of nitrogens with one attached hydrogen (secondary N) is 1. The molecule has 4 aromatic heterocycles. The van der Waals surface area contributed by atoms with Gasteiger partial charge in [0.05, 0.1) is 25.1 Å². The van der Waals surface area contributed by atoms with Crippen LogP contribution in [0.25, 0.3) is 27.9 Å². The number of hydrogen-bond acceptors (Lipinski definition) is 8. The van der Waals surface area contributed by atoms with Gasteiger partial charge in [-0.2, -0.15) is 14.7 Å². The van der Waals surface area contributed by atoms with E-state index in [0.717, 1.165) is 58.0 Å². The first kappa shape index (κ1) is 20.4. The van der Waals surface area contributed by atoms with Crippen molar-refractivity contribution in [2.75, 3.05) is 36.6 Å².